The summed E-state index contributed by atoms with van der Waals surface area (Å²) in [4.78, 5) is 41.0. The number of piperazine rings is 1. The van der Waals surface area contributed by atoms with Gasteiger partial charge in [0.25, 0.3) is 0 Å². The minimum Gasteiger partial charge on any atom is -0.478 e. The van der Waals surface area contributed by atoms with Gasteiger partial charge in [0.15, 0.2) is 10.8 Å². The number of carbonyl (C=O) groups excluding carboxylic acids is 1. The van der Waals surface area contributed by atoms with Gasteiger partial charge < -0.3 is 15.3 Å². The van der Waals surface area contributed by atoms with Crippen LogP contribution in [0, 0.1) is 17.1 Å². The summed E-state index contributed by atoms with van der Waals surface area (Å²) in [5.41, 5.74) is 2.51. The molecule has 1 saturated carbocycles. The van der Waals surface area contributed by atoms with Crippen molar-refractivity contribution in [2.45, 2.75) is 30.3 Å². The molecule has 2 N–H and O–H groups in total. The van der Waals surface area contributed by atoms with Gasteiger partial charge in [-0.2, -0.15) is 5.26 Å². The SMILES string of the molecule is N#CC1(c2ccc(N3CC4CN(CC5=C(C(=O)O)C(c6ccc(F)cc6Br)N=C(c6nccs6)N5)CCN4C3=O)cc2)CC1. The molecule has 2 saturated heterocycles. The van der Waals surface area contributed by atoms with Crippen molar-refractivity contribution in [3.63, 3.8) is 0 Å². The molecule has 1 aliphatic carbocycles. The number of fused-ring (bicyclic) bond motifs is 1. The maximum absolute atomic E-state index is 13.9. The standard InChI is InChI=1S/C31H27BrFN7O3S/c32-23-13-19(33)3-6-22(23)26-25(29(41)42)24(36-27(37-26)28-35-9-12-44-28)16-38-10-11-39-21(14-38)15-40(30(39)43)20-4-1-18(2-5-20)31(17-34)7-8-31/h1-6,9,12-13,21,26H,7-8,10-11,14-16H2,(H,36,37)(H,41,42). The fraction of sp³-hybridized carbons (Fsp3) is 0.323. The van der Waals surface area contributed by atoms with Gasteiger partial charge in [0, 0.05) is 60.2 Å². The molecule has 0 bridgehead atoms. The molecule has 2 amide bonds. The fourth-order valence-electron chi connectivity index (χ4n) is 6.27. The first-order valence-electron chi connectivity index (χ1n) is 14.2. The van der Waals surface area contributed by atoms with Gasteiger partial charge in [-0.25, -0.2) is 19.0 Å². The molecule has 7 rings (SSSR count). The van der Waals surface area contributed by atoms with E-state index in [2.05, 4.69) is 37.2 Å². The lowest BCUT2D eigenvalue weighted by Gasteiger charge is -2.37. The summed E-state index contributed by atoms with van der Waals surface area (Å²) in [7, 11) is 0. The molecular weight excluding hydrogens is 649 g/mol. The van der Waals surface area contributed by atoms with Crippen LogP contribution in [0.2, 0.25) is 0 Å². The number of rotatable bonds is 7. The largest absolute Gasteiger partial charge is 0.478 e. The zero-order valence-electron chi connectivity index (χ0n) is 23.4. The van der Waals surface area contributed by atoms with Crippen molar-refractivity contribution >= 4 is 50.8 Å². The first-order chi connectivity index (χ1) is 21.3. The third kappa shape index (κ3) is 5.06. The Hall–Kier alpha value is -4.12. The Morgan fingerprint density at radius 2 is 2.00 bits per heavy atom. The summed E-state index contributed by atoms with van der Waals surface area (Å²) in [6, 6.07) is 13.3. The summed E-state index contributed by atoms with van der Waals surface area (Å²) in [5, 5.41) is 25.6. The van der Waals surface area contributed by atoms with Gasteiger partial charge in [-0.15, -0.1) is 11.3 Å². The molecule has 4 aliphatic rings. The molecular formula is C31H27BrFN7O3S. The highest BCUT2D eigenvalue weighted by molar-refractivity contribution is 9.10. The van der Waals surface area contributed by atoms with Crippen molar-refractivity contribution in [3.05, 3.63) is 91.7 Å². The fourth-order valence-corrected chi connectivity index (χ4v) is 7.43. The van der Waals surface area contributed by atoms with Crippen LogP contribution >= 0.6 is 27.3 Å². The number of halogens is 2. The number of aliphatic carboxylic acids is 1. The zero-order valence-corrected chi connectivity index (χ0v) is 25.8. The van der Waals surface area contributed by atoms with Crippen LogP contribution in [0.25, 0.3) is 0 Å². The maximum Gasteiger partial charge on any atom is 0.335 e. The van der Waals surface area contributed by atoms with E-state index in [0.717, 1.165) is 24.1 Å². The van der Waals surface area contributed by atoms with Crippen molar-refractivity contribution in [2.24, 2.45) is 4.99 Å². The molecule has 1 aromatic heterocycles. The molecule has 224 valence electrons. The predicted octanol–water partition coefficient (Wildman–Crippen LogP) is 4.66. The lowest BCUT2D eigenvalue weighted by molar-refractivity contribution is -0.133. The number of benzene rings is 2. The van der Waals surface area contributed by atoms with Crippen molar-refractivity contribution in [2.75, 3.05) is 37.6 Å². The summed E-state index contributed by atoms with van der Waals surface area (Å²) in [6.45, 7) is 2.43. The second kappa shape index (κ2) is 11.1. The summed E-state index contributed by atoms with van der Waals surface area (Å²) in [6.07, 6.45) is 3.39. The van der Waals surface area contributed by atoms with Gasteiger partial charge in [-0.3, -0.25) is 14.8 Å². The van der Waals surface area contributed by atoms with Gasteiger partial charge in [0.2, 0.25) is 0 Å². The van der Waals surface area contributed by atoms with Crippen LogP contribution in [-0.2, 0) is 10.2 Å². The number of amidine groups is 1. The van der Waals surface area contributed by atoms with Crippen LogP contribution in [0.15, 0.2) is 74.8 Å². The third-order valence-electron chi connectivity index (χ3n) is 8.76. The average Bonchev–Trinajstić information content (AvgIpc) is 3.47. The van der Waals surface area contributed by atoms with Gasteiger partial charge in [-0.05, 0) is 48.2 Å². The van der Waals surface area contributed by atoms with Crippen molar-refractivity contribution < 1.29 is 19.1 Å². The molecule has 4 heterocycles. The first kappa shape index (κ1) is 28.6. The second-order valence-electron chi connectivity index (χ2n) is 11.4. The smallest absolute Gasteiger partial charge is 0.335 e. The Bertz CT molecular complexity index is 1750. The molecule has 3 aromatic rings. The van der Waals surface area contributed by atoms with E-state index in [1.54, 1.807) is 17.2 Å². The lowest BCUT2D eigenvalue weighted by Crippen LogP contribution is -2.53. The number of carboxylic acids is 1. The number of nitrogens with zero attached hydrogens (tertiary/aromatic N) is 6. The van der Waals surface area contributed by atoms with E-state index in [1.807, 2.05) is 34.5 Å². The lowest BCUT2D eigenvalue weighted by atomic mass is 9.95. The Balaban J connectivity index is 1.13. The van der Waals surface area contributed by atoms with Crippen LogP contribution in [0.3, 0.4) is 0 Å². The molecule has 44 heavy (non-hydrogen) atoms. The molecule has 3 aliphatic heterocycles. The highest BCUT2D eigenvalue weighted by atomic mass is 79.9. The zero-order chi connectivity index (χ0) is 30.6. The van der Waals surface area contributed by atoms with Gasteiger partial charge in [0.1, 0.15) is 11.9 Å². The molecule has 2 aromatic carbocycles. The van der Waals surface area contributed by atoms with Crippen LogP contribution in [0.1, 0.15) is 35.0 Å². The van der Waals surface area contributed by atoms with Crippen LogP contribution in [0.4, 0.5) is 14.9 Å². The number of hydrogen-bond acceptors (Lipinski definition) is 8. The maximum atomic E-state index is 13.9. The molecule has 2 atom stereocenters. The van der Waals surface area contributed by atoms with Crippen LogP contribution in [-0.4, -0.2) is 76.5 Å². The molecule has 2 unspecified atom stereocenters. The van der Waals surface area contributed by atoms with E-state index in [0.29, 0.717) is 59.3 Å². The predicted molar refractivity (Wildman–Crippen MR) is 166 cm³/mol. The highest BCUT2D eigenvalue weighted by Crippen LogP contribution is 2.48. The average molecular weight is 677 g/mol. The van der Waals surface area contributed by atoms with Gasteiger partial charge in [-0.1, -0.05) is 34.1 Å². The number of aliphatic imine (C=N–C) groups is 1. The normalized spacial score (nSPS) is 22.8. The molecule has 0 radical (unpaired) electrons. The Morgan fingerprint density at radius 1 is 1.20 bits per heavy atom. The van der Waals surface area contributed by atoms with Gasteiger partial charge in [0.05, 0.1) is 23.1 Å². The molecule has 3 fully saturated rings. The topological polar surface area (TPSA) is 125 Å². The van der Waals surface area contributed by atoms with E-state index >= 15 is 0 Å². The number of nitrogens with one attached hydrogen (secondary N) is 1. The minimum atomic E-state index is -1.12. The summed E-state index contributed by atoms with van der Waals surface area (Å²) in [5.74, 6) is -1.11. The molecule has 13 heteroatoms. The van der Waals surface area contributed by atoms with E-state index in [9.17, 15) is 24.3 Å². The van der Waals surface area contributed by atoms with Crippen molar-refractivity contribution in [3.8, 4) is 6.07 Å². The van der Waals surface area contributed by atoms with Crippen LogP contribution in [0.5, 0.6) is 0 Å². The van der Waals surface area contributed by atoms with Crippen molar-refractivity contribution in [1.29, 1.82) is 5.26 Å². The van der Waals surface area contributed by atoms with Crippen LogP contribution < -0.4 is 10.2 Å². The number of carbonyl (C=O) groups is 2. The number of aromatic nitrogens is 1. The number of thiazole rings is 1. The third-order valence-corrected chi connectivity index (χ3v) is 10.2. The Morgan fingerprint density at radius 3 is 2.66 bits per heavy atom. The number of hydrogen-bond donors (Lipinski definition) is 2. The van der Waals surface area contributed by atoms with E-state index in [-0.39, 0.29) is 23.1 Å². The number of urea groups is 1. The Labute approximate surface area is 265 Å². The Kier molecular flexibility index (Phi) is 7.23. The molecule has 0 spiro atoms. The van der Waals surface area contributed by atoms with E-state index in [4.69, 9.17) is 4.99 Å². The van der Waals surface area contributed by atoms with Gasteiger partial charge >= 0.3 is 12.0 Å². The summed E-state index contributed by atoms with van der Waals surface area (Å²) >= 11 is 4.79. The number of anilines is 1. The minimum absolute atomic E-state index is 0.0514. The van der Waals surface area contributed by atoms with E-state index in [1.165, 1.54) is 23.5 Å². The second-order valence-corrected chi connectivity index (χ2v) is 13.2. The monoisotopic (exact) mass is 675 g/mol. The number of carboxylic acid groups (broad SMARTS) is 1. The quantitative estimate of drug-likeness (QED) is 0.373. The highest BCUT2D eigenvalue weighted by Gasteiger charge is 2.45. The number of amides is 2. The number of nitriles is 1. The molecule has 10 nitrogen and oxygen atoms in total. The summed E-state index contributed by atoms with van der Waals surface area (Å²) < 4.78 is 14.4. The van der Waals surface area contributed by atoms with Crippen molar-refractivity contribution in [1.82, 2.24) is 20.1 Å². The first-order valence-corrected chi connectivity index (χ1v) is 15.9. The van der Waals surface area contributed by atoms with E-state index < -0.39 is 17.8 Å².